The second-order valence-corrected chi connectivity index (χ2v) is 6.19. The summed E-state index contributed by atoms with van der Waals surface area (Å²) in [6.07, 6.45) is 2.31. The SMILES string of the molecule is CC(C)(C)/C=C1/NC(C)(C)CS1. The van der Waals surface area contributed by atoms with Crippen molar-refractivity contribution in [1.29, 1.82) is 0 Å². The first-order chi connectivity index (χ1) is 5.29. The predicted octanol–water partition coefficient (Wildman–Crippen LogP) is 2.99. The van der Waals surface area contributed by atoms with E-state index in [2.05, 4.69) is 46.0 Å². The van der Waals surface area contributed by atoms with E-state index in [1.165, 1.54) is 10.8 Å². The fraction of sp³-hybridized carbons (Fsp3) is 0.800. The summed E-state index contributed by atoms with van der Waals surface area (Å²) >= 11 is 1.93. The van der Waals surface area contributed by atoms with Crippen LogP contribution >= 0.6 is 11.8 Å². The predicted molar refractivity (Wildman–Crippen MR) is 57.2 cm³/mol. The molecule has 0 aromatic rings. The van der Waals surface area contributed by atoms with Crippen LogP contribution in [0.2, 0.25) is 0 Å². The number of nitrogens with one attached hydrogen (secondary N) is 1. The van der Waals surface area contributed by atoms with Crippen LogP contribution in [0.25, 0.3) is 0 Å². The van der Waals surface area contributed by atoms with E-state index in [0.717, 1.165) is 0 Å². The Labute approximate surface area is 80.0 Å². The molecule has 1 N–H and O–H groups in total. The molecule has 0 atom stereocenters. The van der Waals surface area contributed by atoms with Crippen LogP contribution < -0.4 is 5.32 Å². The van der Waals surface area contributed by atoms with Crippen LogP contribution in [0.1, 0.15) is 34.6 Å². The molecule has 70 valence electrons. The number of thioether (sulfide) groups is 1. The molecule has 1 aliphatic rings. The average Bonchev–Trinajstić information content (AvgIpc) is 2.05. The Morgan fingerprint density at radius 2 is 2.00 bits per heavy atom. The highest BCUT2D eigenvalue weighted by Gasteiger charge is 2.26. The lowest BCUT2D eigenvalue weighted by Crippen LogP contribution is -2.34. The van der Waals surface area contributed by atoms with Crippen molar-refractivity contribution >= 4 is 11.8 Å². The van der Waals surface area contributed by atoms with Crippen molar-refractivity contribution in [3.05, 3.63) is 11.1 Å². The van der Waals surface area contributed by atoms with Gasteiger partial charge in [-0.1, -0.05) is 20.8 Å². The van der Waals surface area contributed by atoms with Crippen molar-refractivity contribution < 1.29 is 0 Å². The van der Waals surface area contributed by atoms with Crippen LogP contribution in [0.5, 0.6) is 0 Å². The second kappa shape index (κ2) is 2.99. The summed E-state index contributed by atoms with van der Waals surface area (Å²) in [6.45, 7) is 11.2. The van der Waals surface area contributed by atoms with Crippen LogP contribution in [0.15, 0.2) is 11.1 Å². The minimum Gasteiger partial charge on any atom is -0.374 e. The van der Waals surface area contributed by atoms with Crippen molar-refractivity contribution in [3.63, 3.8) is 0 Å². The van der Waals surface area contributed by atoms with Gasteiger partial charge in [0.1, 0.15) is 0 Å². The molecule has 0 amide bonds. The summed E-state index contributed by atoms with van der Waals surface area (Å²) < 4.78 is 0. The zero-order valence-electron chi connectivity index (χ0n) is 8.69. The standard InChI is InChI=1S/C10H19NS/c1-9(2,3)6-8-11-10(4,5)7-12-8/h6,11H,7H2,1-5H3/b8-6-. The Morgan fingerprint density at radius 3 is 2.33 bits per heavy atom. The van der Waals surface area contributed by atoms with Gasteiger partial charge in [-0.05, 0) is 25.3 Å². The minimum atomic E-state index is 0.280. The normalized spacial score (nSPS) is 25.9. The number of hydrogen-bond donors (Lipinski definition) is 1. The maximum Gasteiger partial charge on any atom is 0.0651 e. The van der Waals surface area contributed by atoms with Gasteiger partial charge in [0, 0.05) is 11.3 Å². The van der Waals surface area contributed by atoms with Crippen LogP contribution in [0, 0.1) is 5.41 Å². The average molecular weight is 185 g/mol. The van der Waals surface area contributed by atoms with Crippen molar-refractivity contribution in [2.24, 2.45) is 5.41 Å². The third-order valence-corrected chi connectivity index (χ3v) is 3.01. The molecule has 0 saturated carbocycles. The van der Waals surface area contributed by atoms with Crippen molar-refractivity contribution in [1.82, 2.24) is 5.32 Å². The van der Waals surface area contributed by atoms with Crippen LogP contribution in [0.4, 0.5) is 0 Å². The van der Waals surface area contributed by atoms with Gasteiger partial charge in [-0.15, -0.1) is 11.8 Å². The largest absolute Gasteiger partial charge is 0.374 e. The molecule has 0 radical (unpaired) electrons. The summed E-state index contributed by atoms with van der Waals surface area (Å²) in [5, 5.41) is 4.85. The van der Waals surface area contributed by atoms with Crippen molar-refractivity contribution in [3.8, 4) is 0 Å². The van der Waals surface area contributed by atoms with Crippen molar-refractivity contribution in [2.45, 2.75) is 40.2 Å². The molecule has 0 aromatic heterocycles. The van der Waals surface area contributed by atoms with Gasteiger partial charge in [0.2, 0.25) is 0 Å². The smallest absolute Gasteiger partial charge is 0.0651 e. The molecule has 1 saturated heterocycles. The second-order valence-electron chi connectivity index (χ2n) is 5.17. The molecule has 1 nitrogen and oxygen atoms in total. The Balaban J connectivity index is 2.64. The van der Waals surface area contributed by atoms with Gasteiger partial charge in [0.25, 0.3) is 0 Å². The molecule has 0 aliphatic carbocycles. The highest BCUT2D eigenvalue weighted by molar-refractivity contribution is 8.03. The molecular formula is C10H19NS. The number of allylic oxidation sites excluding steroid dienone is 1. The fourth-order valence-electron chi connectivity index (χ4n) is 1.13. The van der Waals surface area contributed by atoms with E-state index in [4.69, 9.17) is 0 Å². The van der Waals surface area contributed by atoms with Gasteiger partial charge in [-0.3, -0.25) is 0 Å². The molecule has 1 rings (SSSR count). The van der Waals surface area contributed by atoms with E-state index in [1.807, 2.05) is 11.8 Å². The molecule has 1 fully saturated rings. The summed E-state index contributed by atoms with van der Waals surface area (Å²) in [5.41, 5.74) is 0.567. The lowest BCUT2D eigenvalue weighted by Gasteiger charge is -2.18. The molecule has 1 aliphatic heterocycles. The lowest BCUT2D eigenvalue weighted by molar-refractivity contribution is 0.496. The maximum atomic E-state index is 3.51. The highest BCUT2D eigenvalue weighted by atomic mass is 32.2. The van der Waals surface area contributed by atoms with Crippen molar-refractivity contribution in [2.75, 3.05) is 5.75 Å². The monoisotopic (exact) mass is 185 g/mol. The molecule has 1 heterocycles. The third kappa shape index (κ3) is 3.10. The quantitative estimate of drug-likeness (QED) is 0.622. The lowest BCUT2D eigenvalue weighted by atomic mass is 9.97. The molecular weight excluding hydrogens is 166 g/mol. The summed E-state index contributed by atoms with van der Waals surface area (Å²) in [7, 11) is 0. The van der Waals surface area contributed by atoms with Gasteiger partial charge in [0.05, 0.1) is 5.03 Å². The van der Waals surface area contributed by atoms with Gasteiger partial charge in [0.15, 0.2) is 0 Å². The summed E-state index contributed by atoms with van der Waals surface area (Å²) in [5.74, 6) is 1.18. The summed E-state index contributed by atoms with van der Waals surface area (Å²) in [6, 6.07) is 0. The maximum absolute atomic E-state index is 3.51. The molecule has 12 heavy (non-hydrogen) atoms. The first-order valence-electron chi connectivity index (χ1n) is 4.42. The molecule has 0 aromatic carbocycles. The first kappa shape index (κ1) is 9.97. The number of rotatable bonds is 0. The van der Waals surface area contributed by atoms with E-state index in [-0.39, 0.29) is 11.0 Å². The Kier molecular flexibility index (Phi) is 2.48. The molecule has 0 unspecified atom stereocenters. The van der Waals surface area contributed by atoms with E-state index >= 15 is 0 Å². The van der Waals surface area contributed by atoms with E-state index in [0.29, 0.717) is 0 Å². The van der Waals surface area contributed by atoms with Crippen LogP contribution in [-0.4, -0.2) is 11.3 Å². The fourth-order valence-corrected chi connectivity index (χ4v) is 2.51. The minimum absolute atomic E-state index is 0.280. The zero-order valence-corrected chi connectivity index (χ0v) is 9.51. The van der Waals surface area contributed by atoms with Gasteiger partial charge in [-0.2, -0.15) is 0 Å². The zero-order chi connectivity index (χ0) is 9.41. The van der Waals surface area contributed by atoms with E-state index < -0.39 is 0 Å². The van der Waals surface area contributed by atoms with Crippen LogP contribution in [0.3, 0.4) is 0 Å². The Morgan fingerprint density at radius 1 is 1.42 bits per heavy atom. The van der Waals surface area contributed by atoms with Gasteiger partial charge in [-0.25, -0.2) is 0 Å². The summed E-state index contributed by atoms with van der Waals surface area (Å²) in [4.78, 5) is 0. The van der Waals surface area contributed by atoms with E-state index in [9.17, 15) is 0 Å². The van der Waals surface area contributed by atoms with Gasteiger partial charge >= 0.3 is 0 Å². The number of hydrogen-bond acceptors (Lipinski definition) is 2. The first-order valence-corrected chi connectivity index (χ1v) is 5.41. The Bertz CT molecular complexity index is 198. The van der Waals surface area contributed by atoms with E-state index in [1.54, 1.807) is 0 Å². The van der Waals surface area contributed by atoms with Gasteiger partial charge < -0.3 is 5.32 Å². The molecule has 0 bridgehead atoms. The Hall–Kier alpha value is -0.110. The molecule has 2 heteroatoms. The molecule has 0 spiro atoms. The third-order valence-electron chi connectivity index (χ3n) is 1.61. The highest BCUT2D eigenvalue weighted by Crippen LogP contribution is 2.32. The topological polar surface area (TPSA) is 12.0 Å². The van der Waals surface area contributed by atoms with Crippen LogP contribution in [-0.2, 0) is 0 Å².